The summed E-state index contributed by atoms with van der Waals surface area (Å²) in [6, 6.07) is 0. The average molecular weight is 156 g/mol. The lowest BCUT2D eigenvalue weighted by molar-refractivity contribution is 0.0686. The molecule has 2 nitrogen and oxygen atoms in total. The van der Waals surface area contributed by atoms with Crippen LogP contribution in [-0.4, -0.2) is 24.9 Å². The first-order chi connectivity index (χ1) is 5.27. The van der Waals surface area contributed by atoms with E-state index in [0.717, 1.165) is 24.8 Å². The highest BCUT2D eigenvalue weighted by Gasteiger charge is 2.22. The third-order valence-electron chi connectivity index (χ3n) is 2.46. The number of methoxy groups -OCH3 is 1. The largest absolute Gasteiger partial charge is 0.396 e. The molecule has 0 aromatic rings. The van der Waals surface area contributed by atoms with Crippen molar-refractivity contribution in [1.82, 2.24) is 0 Å². The Morgan fingerprint density at radius 1 is 1.64 bits per heavy atom. The molecule has 1 aliphatic carbocycles. The minimum Gasteiger partial charge on any atom is -0.396 e. The third-order valence-corrected chi connectivity index (χ3v) is 2.46. The van der Waals surface area contributed by atoms with Gasteiger partial charge in [0, 0.05) is 19.6 Å². The first kappa shape index (κ1) is 8.75. The molecular formula is C9H16O2. The van der Waals surface area contributed by atoms with Crippen molar-refractivity contribution in [3.8, 4) is 0 Å². The minimum atomic E-state index is 0.245. The Balaban J connectivity index is 2.41. The summed E-state index contributed by atoms with van der Waals surface area (Å²) in [5.41, 5.74) is 1.14. The summed E-state index contributed by atoms with van der Waals surface area (Å²) in [6.07, 6.45) is 3.33. The Morgan fingerprint density at radius 2 is 2.36 bits per heavy atom. The van der Waals surface area contributed by atoms with Gasteiger partial charge in [-0.1, -0.05) is 12.2 Å². The van der Waals surface area contributed by atoms with Crippen molar-refractivity contribution >= 4 is 0 Å². The molecule has 0 aliphatic heterocycles. The summed E-state index contributed by atoms with van der Waals surface area (Å²) in [5.74, 6) is 0.321. The average Bonchev–Trinajstić information content (AvgIpc) is 2.04. The highest BCUT2D eigenvalue weighted by molar-refractivity contribution is 5.05. The molecule has 2 heteroatoms. The molecule has 1 saturated carbocycles. The van der Waals surface area contributed by atoms with Crippen molar-refractivity contribution in [2.45, 2.75) is 25.4 Å². The van der Waals surface area contributed by atoms with E-state index in [9.17, 15) is 0 Å². The Bertz CT molecular complexity index is 142. The number of ether oxygens (including phenoxy) is 1. The first-order valence-corrected chi connectivity index (χ1v) is 4.09. The maximum Gasteiger partial charge on any atom is 0.0608 e. The van der Waals surface area contributed by atoms with E-state index in [1.54, 1.807) is 7.11 Å². The molecule has 11 heavy (non-hydrogen) atoms. The monoisotopic (exact) mass is 156 g/mol. The molecule has 0 aromatic heterocycles. The van der Waals surface area contributed by atoms with E-state index in [-0.39, 0.29) is 6.61 Å². The van der Waals surface area contributed by atoms with E-state index in [1.165, 1.54) is 0 Å². The lowest BCUT2D eigenvalue weighted by Crippen LogP contribution is -2.24. The van der Waals surface area contributed by atoms with E-state index in [2.05, 4.69) is 6.58 Å². The Labute approximate surface area is 67.9 Å². The molecule has 1 fully saturated rings. The van der Waals surface area contributed by atoms with Crippen LogP contribution in [-0.2, 0) is 4.74 Å². The van der Waals surface area contributed by atoms with Gasteiger partial charge in [0.2, 0.25) is 0 Å². The summed E-state index contributed by atoms with van der Waals surface area (Å²) in [5, 5.41) is 8.92. The molecule has 0 bridgehead atoms. The van der Waals surface area contributed by atoms with Gasteiger partial charge in [0.1, 0.15) is 0 Å². The fourth-order valence-corrected chi connectivity index (χ4v) is 1.57. The number of rotatable bonds is 2. The standard InChI is InChI=1S/C9H16O2/c1-7-5-9(11-2)4-3-8(7)6-10/h8-10H,1,3-6H2,2H3. The van der Waals surface area contributed by atoms with Gasteiger partial charge in [-0.3, -0.25) is 0 Å². The molecule has 2 atom stereocenters. The SMILES string of the molecule is C=C1CC(OC)CCC1CO. The van der Waals surface area contributed by atoms with Crippen LogP contribution in [0.15, 0.2) is 12.2 Å². The van der Waals surface area contributed by atoms with Gasteiger partial charge in [0.25, 0.3) is 0 Å². The first-order valence-electron chi connectivity index (χ1n) is 4.09. The maximum absolute atomic E-state index is 8.92. The second-order valence-corrected chi connectivity index (χ2v) is 3.18. The minimum absolute atomic E-state index is 0.245. The smallest absolute Gasteiger partial charge is 0.0608 e. The zero-order valence-electron chi connectivity index (χ0n) is 7.05. The van der Waals surface area contributed by atoms with E-state index >= 15 is 0 Å². The molecule has 1 aliphatic rings. The molecule has 0 heterocycles. The van der Waals surface area contributed by atoms with E-state index < -0.39 is 0 Å². The van der Waals surface area contributed by atoms with Crippen molar-refractivity contribution in [1.29, 1.82) is 0 Å². The highest BCUT2D eigenvalue weighted by atomic mass is 16.5. The third kappa shape index (κ3) is 2.04. The summed E-state index contributed by atoms with van der Waals surface area (Å²) < 4.78 is 5.21. The van der Waals surface area contributed by atoms with Crippen LogP contribution in [0.1, 0.15) is 19.3 Å². The van der Waals surface area contributed by atoms with Crippen molar-refractivity contribution in [3.63, 3.8) is 0 Å². The van der Waals surface area contributed by atoms with Crippen LogP contribution in [0.25, 0.3) is 0 Å². The molecule has 0 spiro atoms. The number of aliphatic hydroxyl groups is 1. The van der Waals surface area contributed by atoms with Crippen LogP contribution >= 0.6 is 0 Å². The van der Waals surface area contributed by atoms with E-state index in [4.69, 9.17) is 9.84 Å². The van der Waals surface area contributed by atoms with Gasteiger partial charge < -0.3 is 9.84 Å². The molecule has 0 saturated heterocycles. The normalized spacial score (nSPS) is 32.4. The molecule has 0 radical (unpaired) electrons. The van der Waals surface area contributed by atoms with E-state index in [1.807, 2.05) is 0 Å². The Morgan fingerprint density at radius 3 is 2.82 bits per heavy atom. The van der Waals surface area contributed by atoms with Crippen LogP contribution in [0.3, 0.4) is 0 Å². The van der Waals surface area contributed by atoms with Crippen LogP contribution in [0.4, 0.5) is 0 Å². The van der Waals surface area contributed by atoms with Crippen LogP contribution < -0.4 is 0 Å². The fraction of sp³-hybridized carbons (Fsp3) is 0.778. The topological polar surface area (TPSA) is 29.5 Å². The molecule has 0 aromatic carbocycles. The van der Waals surface area contributed by atoms with Gasteiger partial charge in [-0.05, 0) is 19.3 Å². The number of hydrogen-bond donors (Lipinski definition) is 1. The van der Waals surface area contributed by atoms with Crippen LogP contribution in [0, 0.1) is 5.92 Å². The summed E-state index contributed by atoms with van der Waals surface area (Å²) >= 11 is 0. The molecule has 1 rings (SSSR count). The number of hydrogen-bond acceptors (Lipinski definition) is 2. The predicted octanol–water partition coefficient (Wildman–Crippen LogP) is 1.35. The fourth-order valence-electron chi connectivity index (χ4n) is 1.57. The Kier molecular flexibility index (Phi) is 3.09. The van der Waals surface area contributed by atoms with Crippen molar-refractivity contribution in [3.05, 3.63) is 12.2 Å². The zero-order chi connectivity index (χ0) is 8.27. The van der Waals surface area contributed by atoms with Gasteiger partial charge >= 0.3 is 0 Å². The summed E-state index contributed by atoms with van der Waals surface area (Å²) in [6.45, 7) is 4.17. The molecule has 2 unspecified atom stereocenters. The second kappa shape index (κ2) is 3.88. The summed E-state index contributed by atoms with van der Waals surface area (Å²) in [7, 11) is 1.73. The Hall–Kier alpha value is -0.340. The van der Waals surface area contributed by atoms with Crippen molar-refractivity contribution in [2.75, 3.05) is 13.7 Å². The maximum atomic E-state index is 8.92. The van der Waals surface area contributed by atoms with Crippen molar-refractivity contribution < 1.29 is 9.84 Å². The predicted molar refractivity (Wildman–Crippen MR) is 44.4 cm³/mol. The quantitative estimate of drug-likeness (QED) is 0.611. The molecule has 0 amide bonds. The van der Waals surface area contributed by atoms with Crippen molar-refractivity contribution in [2.24, 2.45) is 5.92 Å². The second-order valence-electron chi connectivity index (χ2n) is 3.18. The van der Waals surface area contributed by atoms with E-state index in [0.29, 0.717) is 12.0 Å². The van der Waals surface area contributed by atoms with Gasteiger partial charge in [-0.25, -0.2) is 0 Å². The van der Waals surface area contributed by atoms with Gasteiger partial charge in [0.05, 0.1) is 6.10 Å². The van der Waals surface area contributed by atoms with Gasteiger partial charge in [-0.2, -0.15) is 0 Å². The van der Waals surface area contributed by atoms with Crippen LogP contribution in [0.5, 0.6) is 0 Å². The lowest BCUT2D eigenvalue weighted by Gasteiger charge is -2.28. The molecule has 1 N–H and O–H groups in total. The number of aliphatic hydroxyl groups excluding tert-OH is 1. The lowest BCUT2D eigenvalue weighted by atomic mass is 9.84. The summed E-state index contributed by atoms with van der Waals surface area (Å²) in [4.78, 5) is 0. The molecule has 64 valence electrons. The molecular weight excluding hydrogens is 140 g/mol. The van der Waals surface area contributed by atoms with Gasteiger partial charge in [0.15, 0.2) is 0 Å². The highest BCUT2D eigenvalue weighted by Crippen LogP contribution is 2.29. The van der Waals surface area contributed by atoms with Crippen LogP contribution in [0.2, 0.25) is 0 Å². The van der Waals surface area contributed by atoms with Gasteiger partial charge in [-0.15, -0.1) is 0 Å². The zero-order valence-corrected chi connectivity index (χ0v) is 7.05.